The molecular formula is C12H12N2O. The Balaban J connectivity index is 2.77. The van der Waals surface area contributed by atoms with E-state index in [1.165, 1.54) is 6.08 Å². The lowest BCUT2D eigenvalue weighted by molar-refractivity contribution is -0.111. The second-order valence-electron chi connectivity index (χ2n) is 3.17. The Bertz CT molecular complexity index is 401. The molecule has 0 aliphatic rings. The number of benzene rings is 1. The Kier molecular flexibility index (Phi) is 3.64. The molecule has 0 radical (unpaired) electrons. The van der Waals surface area contributed by atoms with E-state index in [0.717, 1.165) is 5.56 Å². The predicted octanol–water partition coefficient (Wildman–Crippen LogP) is 2.44. The molecule has 0 aliphatic heterocycles. The van der Waals surface area contributed by atoms with E-state index in [4.69, 9.17) is 5.26 Å². The topological polar surface area (TPSA) is 52.9 Å². The summed E-state index contributed by atoms with van der Waals surface area (Å²) in [5.41, 5.74) is 1.64. The normalized spacial score (nSPS) is 11.2. The first-order valence-corrected chi connectivity index (χ1v) is 4.60. The van der Waals surface area contributed by atoms with Gasteiger partial charge in [-0.1, -0.05) is 18.7 Å². The molecule has 0 heterocycles. The molecule has 1 N–H and O–H groups in total. The molecule has 0 aromatic heterocycles. The molecule has 15 heavy (non-hydrogen) atoms. The summed E-state index contributed by atoms with van der Waals surface area (Å²) in [4.78, 5) is 11.0. The first kappa shape index (κ1) is 11.0. The molecule has 0 saturated heterocycles. The lowest BCUT2D eigenvalue weighted by atomic mass is 10.0. The van der Waals surface area contributed by atoms with Crippen LogP contribution in [0.5, 0.6) is 0 Å². The minimum Gasteiger partial charge on any atom is -0.323 e. The Morgan fingerprint density at radius 3 is 2.60 bits per heavy atom. The van der Waals surface area contributed by atoms with Crippen molar-refractivity contribution in [1.29, 1.82) is 5.26 Å². The van der Waals surface area contributed by atoms with Gasteiger partial charge in [0, 0.05) is 5.69 Å². The lowest BCUT2D eigenvalue weighted by Gasteiger charge is -2.05. The molecule has 0 saturated carbocycles. The average Bonchev–Trinajstić information content (AvgIpc) is 2.29. The summed E-state index contributed by atoms with van der Waals surface area (Å²) in [5.74, 6) is -0.370. The fourth-order valence-corrected chi connectivity index (χ4v) is 1.12. The molecule has 1 rings (SSSR count). The SMILES string of the molecule is C=CC(=O)Nc1ccc(C(C)C#N)cc1. The van der Waals surface area contributed by atoms with Crippen LogP contribution < -0.4 is 5.32 Å². The van der Waals surface area contributed by atoms with Gasteiger partial charge in [-0.05, 0) is 30.7 Å². The number of anilines is 1. The minimum atomic E-state index is -0.240. The van der Waals surface area contributed by atoms with Crippen molar-refractivity contribution in [3.8, 4) is 6.07 Å². The van der Waals surface area contributed by atoms with Gasteiger partial charge in [0.1, 0.15) is 0 Å². The summed E-state index contributed by atoms with van der Waals surface area (Å²) in [6, 6.07) is 9.34. The number of amides is 1. The predicted molar refractivity (Wildman–Crippen MR) is 59.3 cm³/mol. The van der Waals surface area contributed by atoms with Gasteiger partial charge in [0.05, 0.1) is 12.0 Å². The van der Waals surface area contributed by atoms with Gasteiger partial charge in [0.2, 0.25) is 5.91 Å². The highest BCUT2D eigenvalue weighted by Crippen LogP contribution is 2.16. The van der Waals surface area contributed by atoms with Crippen LogP contribution in [0.15, 0.2) is 36.9 Å². The van der Waals surface area contributed by atoms with Crippen molar-refractivity contribution in [3.05, 3.63) is 42.5 Å². The summed E-state index contributed by atoms with van der Waals surface area (Å²) in [6.07, 6.45) is 1.21. The van der Waals surface area contributed by atoms with Crippen molar-refractivity contribution in [2.24, 2.45) is 0 Å². The van der Waals surface area contributed by atoms with Crippen LogP contribution >= 0.6 is 0 Å². The average molecular weight is 200 g/mol. The van der Waals surface area contributed by atoms with E-state index in [-0.39, 0.29) is 11.8 Å². The number of nitriles is 1. The number of carbonyl (C=O) groups is 1. The Morgan fingerprint density at radius 1 is 1.53 bits per heavy atom. The maximum atomic E-state index is 11.0. The summed E-state index contributed by atoms with van der Waals surface area (Å²) in [6.45, 7) is 5.19. The maximum absolute atomic E-state index is 11.0. The van der Waals surface area contributed by atoms with E-state index in [1.807, 2.05) is 19.1 Å². The van der Waals surface area contributed by atoms with Gasteiger partial charge in [-0.2, -0.15) is 5.26 Å². The van der Waals surface area contributed by atoms with Crippen molar-refractivity contribution in [1.82, 2.24) is 0 Å². The third-order valence-corrected chi connectivity index (χ3v) is 2.06. The first-order valence-electron chi connectivity index (χ1n) is 4.60. The molecule has 0 spiro atoms. The molecule has 1 atom stereocenters. The first-order chi connectivity index (χ1) is 7.17. The molecule has 76 valence electrons. The van der Waals surface area contributed by atoms with Crippen LogP contribution in [0.3, 0.4) is 0 Å². The van der Waals surface area contributed by atoms with E-state index in [1.54, 1.807) is 12.1 Å². The molecule has 1 unspecified atom stereocenters. The van der Waals surface area contributed by atoms with E-state index in [2.05, 4.69) is 18.0 Å². The van der Waals surface area contributed by atoms with Crippen LogP contribution in [0.1, 0.15) is 18.4 Å². The zero-order valence-electron chi connectivity index (χ0n) is 8.53. The second kappa shape index (κ2) is 4.97. The standard InChI is InChI=1S/C12H12N2O/c1-3-12(15)14-11-6-4-10(5-7-11)9(2)8-13/h3-7,9H,1H2,2H3,(H,14,15). The van der Waals surface area contributed by atoms with E-state index < -0.39 is 0 Å². The van der Waals surface area contributed by atoms with E-state index in [9.17, 15) is 4.79 Å². The number of nitrogens with one attached hydrogen (secondary N) is 1. The van der Waals surface area contributed by atoms with Crippen LogP contribution in [0.25, 0.3) is 0 Å². The van der Waals surface area contributed by atoms with E-state index in [0.29, 0.717) is 5.69 Å². The number of rotatable bonds is 3. The molecule has 1 aromatic carbocycles. The Hall–Kier alpha value is -2.08. The fraction of sp³-hybridized carbons (Fsp3) is 0.167. The van der Waals surface area contributed by atoms with Crippen molar-refractivity contribution in [2.45, 2.75) is 12.8 Å². The second-order valence-corrected chi connectivity index (χ2v) is 3.17. The van der Waals surface area contributed by atoms with E-state index >= 15 is 0 Å². The lowest BCUT2D eigenvalue weighted by Crippen LogP contribution is -2.07. The molecule has 3 heteroatoms. The third-order valence-electron chi connectivity index (χ3n) is 2.06. The largest absolute Gasteiger partial charge is 0.323 e. The highest BCUT2D eigenvalue weighted by atomic mass is 16.1. The van der Waals surface area contributed by atoms with Crippen molar-refractivity contribution < 1.29 is 4.79 Å². The molecule has 0 bridgehead atoms. The molecule has 3 nitrogen and oxygen atoms in total. The van der Waals surface area contributed by atoms with Gasteiger partial charge in [0.15, 0.2) is 0 Å². The minimum absolute atomic E-state index is 0.130. The van der Waals surface area contributed by atoms with Gasteiger partial charge < -0.3 is 5.32 Å². The van der Waals surface area contributed by atoms with Gasteiger partial charge in [-0.15, -0.1) is 0 Å². The summed E-state index contributed by atoms with van der Waals surface area (Å²) in [5, 5.41) is 11.3. The number of nitrogens with zero attached hydrogens (tertiary/aromatic N) is 1. The third kappa shape index (κ3) is 2.96. The van der Waals surface area contributed by atoms with Crippen LogP contribution in [-0.2, 0) is 4.79 Å². The number of hydrogen-bond donors (Lipinski definition) is 1. The van der Waals surface area contributed by atoms with Gasteiger partial charge in [-0.25, -0.2) is 0 Å². The molecular weight excluding hydrogens is 188 g/mol. The van der Waals surface area contributed by atoms with Crippen molar-refractivity contribution in [2.75, 3.05) is 5.32 Å². The van der Waals surface area contributed by atoms with Crippen LogP contribution in [0.2, 0.25) is 0 Å². The van der Waals surface area contributed by atoms with Crippen molar-refractivity contribution in [3.63, 3.8) is 0 Å². The number of hydrogen-bond acceptors (Lipinski definition) is 2. The smallest absolute Gasteiger partial charge is 0.247 e. The van der Waals surface area contributed by atoms with Gasteiger partial charge in [-0.3, -0.25) is 4.79 Å². The maximum Gasteiger partial charge on any atom is 0.247 e. The fourth-order valence-electron chi connectivity index (χ4n) is 1.12. The number of carbonyl (C=O) groups excluding carboxylic acids is 1. The zero-order chi connectivity index (χ0) is 11.3. The van der Waals surface area contributed by atoms with Gasteiger partial charge >= 0.3 is 0 Å². The monoisotopic (exact) mass is 200 g/mol. The quantitative estimate of drug-likeness (QED) is 0.762. The Labute approximate surface area is 89.0 Å². The summed E-state index contributed by atoms with van der Waals surface area (Å²) < 4.78 is 0. The van der Waals surface area contributed by atoms with Crippen molar-refractivity contribution >= 4 is 11.6 Å². The molecule has 1 aromatic rings. The Morgan fingerprint density at radius 2 is 2.13 bits per heavy atom. The summed E-state index contributed by atoms with van der Waals surface area (Å²) >= 11 is 0. The highest BCUT2D eigenvalue weighted by Gasteiger charge is 2.03. The van der Waals surface area contributed by atoms with Crippen LogP contribution in [0, 0.1) is 11.3 Å². The molecule has 1 amide bonds. The van der Waals surface area contributed by atoms with Gasteiger partial charge in [0.25, 0.3) is 0 Å². The van der Waals surface area contributed by atoms with Crippen LogP contribution in [-0.4, -0.2) is 5.91 Å². The summed E-state index contributed by atoms with van der Waals surface area (Å²) in [7, 11) is 0. The highest BCUT2D eigenvalue weighted by molar-refractivity contribution is 5.98. The molecule has 0 fully saturated rings. The zero-order valence-corrected chi connectivity index (χ0v) is 8.53. The molecule has 0 aliphatic carbocycles. The van der Waals surface area contributed by atoms with Crippen LogP contribution in [0.4, 0.5) is 5.69 Å².